The quantitative estimate of drug-likeness (QED) is 0.0220. The monoisotopic (exact) mass is 1190 g/mol. The molecular formula is C70H76N6O12. The summed E-state index contributed by atoms with van der Waals surface area (Å²) in [5.41, 5.74) is -0.344. The van der Waals surface area contributed by atoms with Crippen LogP contribution in [0.1, 0.15) is 119 Å². The molecule has 0 spiro atoms. The summed E-state index contributed by atoms with van der Waals surface area (Å²) in [6, 6.07) is 29.0. The Kier molecular flexibility index (Phi) is 19.9. The molecule has 0 radical (unpaired) electrons. The average Bonchev–Trinajstić information content (AvgIpc) is 1.25. The number of ether oxygens (including phenoxy) is 6. The molecule has 458 valence electrons. The molecule has 3 aliphatic heterocycles. The van der Waals surface area contributed by atoms with E-state index in [-0.39, 0.29) is 70.1 Å². The van der Waals surface area contributed by atoms with E-state index in [2.05, 4.69) is 31.7 Å². The van der Waals surface area contributed by atoms with E-state index in [0.29, 0.717) is 75.6 Å². The molecule has 0 bridgehead atoms. The first-order valence-corrected chi connectivity index (χ1v) is 30.3. The SMILES string of the molecule is [C-]#[N+]C1=C(N2CCCC2)CC(C)(C)C/C1=C(\C(=O)OCC(COC(=O)/C(C(=O)Oc1ccccc1)=C1\CC(C)(C)CC(N2CCCC2)=C1C#N)COC(=O)/C(C(=O)Oc1ccccc1)=C1\CC(C)(C)CC(N2CCCC2)=C1C#N)C(=O)Oc1ccccc1. The predicted molar refractivity (Wildman–Crippen MR) is 324 cm³/mol. The van der Waals surface area contributed by atoms with Crippen molar-refractivity contribution in [1.82, 2.24) is 14.7 Å². The summed E-state index contributed by atoms with van der Waals surface area (Å²) in [6.45, 7) is 22.3. The summed E-state index contributed by atoms with van der Waals surface area (Å²) >= 11 is 0. The van der Waals surface area contributed by atoms with E-state index in [9.17, 15) is 24.9 Å². The maximum Gasteiger partial charge on any atom is 0.351 e. The van der Waals surface area contributed by atoms with E-state index in [0.717, 1.165) is 38.5 Å². The maximum absolute atomic E-state index is 15.1. The third-order valence-corrected chi connectivity index (χ3v) is 16.8. The molecule has 0 unspecified atom stereocenters. The molecule has 6 aliphatic rings. The molecule has 3 aromatic rings. The number of rotatable bonds is 18. The van der Waals surface area contributed by atoms with Gasteiger partial charge in [0.1, 0.15) is 65.9 Å². The first kappa shape index (κ1) is 63.3. The van der Waals surface area contributed by atoms with Crippen LogP contribution < -0.4 is 14.2 Å². The van der Waals surface area contributed by atoms with Crippen molar-refractivity contribution < 1.29 is 57.2 Å². The number of hydrogen-bond acceptors (Lipinski definition) is 17. The van der Waals surface area contributed by atoms with Gasteiger partial charge in [0.05, 0.1) is 23.6 Å². The van der Waals surface area contributed by atoms with Crippen molar-refractivity contribution in [2.45, 2.75) is 119 Å². The molecule has 9 rings (SSSR count). The minimum atomic E-state index is -1.32. The van der Waals surface area contributed by atoms with Crippen LogP contribution in [0.4, 0.5) is 0 Å². The van der Waals surface area contributed by atoms with Crippen LogP contribution in [-0.2, 0) is 43.0 Å². The molecule has 88 heavy (non-hydrogen) atoms. The highest BCUT2D eigenvalue weighted by molar-refractivity contribution is 6.17. The van der Waals surface area contributed by atoms with Gasteiger partial charge in [-0.1, -0.05) is 96.1 Å². The molecule has 3 heterocycles. The Morgan fingerprint density at radius 2 is 0.727 bits per heavy atom. The summed E-state index contributed by atoms with van der Waals surface area (Å²) in [6.07, 6.45) is 7.21. The Morgan fingerprint density at radius 3 is 1.03 bits per heavy atom. The Balaban J connectivity index is 1.13. The number of carbonyl (C=O) groups is 6. The fraction of sp³-hybridized carbons (Fsp3) is 0.443. The van der Waals surface area contributed by atoms with E-state index in [1.807, 2.05) is 41.5 Å². The topological polar surface area (TPSA) is 219 Å². The number of likely N-dealkylation sites (tertiary alicyclic amines) is 3. The first-order valence-electron chi connectivity index (χ1n) is 30.3. The summed E-state index contributed by atoms with van der Waals surface area (Å²) in [5.74, 6) is -7.80. The Hall–Kier alpha value is -9.21. The van der Waals surface area contributed by atoms with Crippen molar-refractivity contribution >= 4 is 35.8 Å². The molecule has 3 fully saturated rings. The molecule has 3 aliphatic carbocycles. The number of nitrogens with zero attached hydrogens (tertiary/aromatic N) is 6. The standard InChI is InChI=1S/C70H76N6O12/c1-68(2)35-50(53(41-71)55(38-68)74-29-17-18-30-74)58(65(80)86-47-23-11-8-12-24-47)62(77)83-43-46(44-84-63(78)59(66(81)87-48-25-13-9-14-26-48)51-36-69(3,4)39-56(54(51)42-72)75-31-19-20-32-75)45-85-64(79)60(67(82)88-49-27-15-10-16-28-49)52-37-70(5,6)40-57(61(52)73-7)76-33-21-22-34-76/h8-16,23-28,46H,17-22,29-40,43-45H2,1-6H3/b58-50-,59-51-,60-52-. The molecule has 3 aromatic carbocycles. The van der Waals surface area contributed by atoms with Crippen LogP contribution in [0.15, 0.2) is 158 Å². The third-order valence-electron chi connectivity index (χ3n) is 16.8. The average molecular weight is 1190 g/mol. The Labute approximate surface area is 515 Å². The van der Waals surface area contributed by atoms with Gasteiger partial charge in [0.2, 0.25) is 5.70 Å². The number of esters is 6. The molecule has 18 heteroatoms. The number of benzene rings is 3. The van der Waals surface area contributed by atoms with Crippen LogP contribution in [0.5, 0.6) is 17.2 Å². The molecular weight excluding hydrogens is 1120 g/mol. The lowest BCUT2D eigenvalue weighted by Crippen LogP contribution is -2.34. The van der Waals surface area contributed by atoms with E-state index in [1.54, 1.807) is 91.0 Å². The summed E-state index contributed by atoms with van der Waals surface area (Å²) in [4.78, 5) is 99.5. The number of para-hydroxylation sites is 3. The highest BCUT2D eigenvalue weighted by Gasteiger charge is 2.43. The lowest BCUT2D eigenvalue weighted by Gasteiger charge is -2.37. The number of nitriles is 2. The zero-order valence-electron chi connectivity index (χ0n) is 51.2. The lowest BCUT2D eigenvalue weighted by atomic mass is 9.72. The van der Waals surface area contributed by atoms with Gasteiger partial charge in [-0.25, -0.2) is 33.6 Å². The van der Waals surface area contributed by atoms with Gasteiger partial charge in [-0.15, -0.1) is 0 Å². The van der Waals surface area contributed by atoms with Crippen LogP contribution in [0.2, 0.25) is 0 Å². The molecule has 0 atom stereocenters. The molecule has 0 saturated carbocycles. The van der Waals surface area contributed by atoms with E-state index in [1.165, 1.54) is 0 Å². The van der Waals surface area contributed by atoms with Gasteiger partial charge in [0.15, 0.2) is 0 Å². The van der Waals surface area contributed by atoms with Crippen LogP contribution in [0, 0.1) is 51.4 Å². The van der Waals surface area contributed by atoms with Crippen molar-refractivity contribution in [2.24, 2.45) is 22.2 Å². The molecule has 18 nitrogen and oxygen atoms in total. The number of carbonyl (C=O) groups excluding carboxylic acids is 6. The Bertz CT molecular complexity index is 3160. The van der Waals surface area contributed by atoms with Crippen molar-refractivity contribution in [3.05, 3.63) is 170 Å². The van der Waals surface area contributed by atoms with Gasteiger partial charge in [-0.2, -0.15) is 10.5 Å². The highest BCUT2D eigenvalue weighted by atomic mass is 16.6. The maximum atomic E-state index is 15.1. The van der Waals surface area contributed by atoms with E-state index >= 15 is 14.4 Å². The van der Waals surface area contributed by atoms with Gasteiger partial charge < -0.3 is 43.1 Å². The highest BCUT2D eigenvalue weighted by Crippen LogP contribution is 2.48. The van der Waals surface area contributed by atoms with Crippen LogP contribution in [0.25, 0.3) is 4.85 Å². The summed E-state index contributed by atoms with van der Waals surface area (Å²) in [5, 5.41) is 21.8. The zero-order chi connectivity index (χ0) is 62.8. The Morgan fingerprint density at radius 1 is 0.443 bits per heavy atom. The summed E-state index contributed by atoms with van der Waals surface area (Å²) < 4.78 is 35.8. The summed E-state index contributed by atoms with van der Waals surface area (Å²) in [7, 11) is 0. The van der Waals surface area contributed by atoms with Crippen LogP contribution in [-0.4, -0.2) is 110 Å². The zero-order valence-corrected chi connectivity index (χ0v) is 51.2. The van der Waals surface area contributed by atoms with Crippen molar-refractivity contribution in [3.8, 4) is 29.4 Å². The van der Waals surface area contributed by atoms with E-state index in [4.69, 9.17) is 35.0 Å². The van der Waals surface area contributed by atoms with Gasteiger partial charge in [-0.05, 0) is 146 Å². The van der Waals surface area contributed by atoms with Gasteiger partial charge in [0.25, 0.3) is 0 Å². The second-order valence-corrected chi connectivity index (χ2v) is 25.7. The smallest absolute Gasteiger partial charge is 0.351 e. The van der Waals surface area contributed by atoms with E-state index < -0.39 is 94.5 Å². The largest absolute Gasteiger partial charge is 0.461 e. The van der Waals surface area contributed by atoms with Crippen LogP contribution >= 0.6 is 0 Å². The number of allylic oxidation sites excluding steroid dienone is 8. The fourth-order valence-corrected chi connectivity index (χ4v) is 12.7. The van der Waals surface area contributed by atoms with Gasteiger partial charge >= 0.3 is 35.8 Å². The van der Waals surface area contributed by atoms with Crippen LogP contribution in [0.3, 0.4) is 0 Å². The molecule has 3 saturated heterocycles. The minimum absolute atomic E-state index is 0.111. The lowest BCUT2D eigenvalue weighted by molar-refractivity contribution is -0.150. The number of hydrogen-bond donors (Lipinski definition) is 0. The minimum Gasteiger partial charge on any atom is -0.461 e. The third kappa shape index (κ3) is 15.1. The molecule has 0 aromatic heterocycles. The molecule has 0 amide bonds. The van der Waals surface area contributed by atoms with Crippen molar-refractivity contribution in [2.75, 3.05) is 59.1 Å². The fourth-order valence-electron chi connectivity index (χ4n) is 12.7. The normalized spacial score (nSPS) is 20.5. The van der Waals surface area contributed by atoms with Crippen molar-refractivity contribution in [1.29, 1.82) is 10.5 Å². The van der Waals surface area contributed by atoms with Gasteiger partial charge in [-0.3, -0.25) is 0 Å². The first-order chi connectivity index (χ1) is 42.2. The molecule has 0 N–H and O–H groups in total. The van der Waals surface area contributed by atoms with Crippen molar-refractivity contribution in [3.63, 3.8) is 0 Å². The second kappa shape index (κ2) is 27.7. The predicted octanol–water partition coefficient (Wildman–Crippen LogP) is 11.4. The van der Waals surface area contributed by atoms with Gasteiger partial charge in [0, 0.05) is 56.4 Å². The second-order valence-electron chi connectivity index (χ2n) is 25.7.